The van der Waals surface area contributed by atoms with E-state index in [1.807, 2.05) is 86.8 Å². The molecule has 0 spiro atoms. The van der Waals surface area contributed by atoms with Crippen molar-refractivity contribution in [2.24, 2.45) is 0 Å². The molecule has 2 aromatic carbocycles. The van der Waals surface area contributed by atoms with Gasteiger partial charge in [-0.15, -0.1) is 11.3 Å². The minimum Gasteiger partial charge on any atom is -0.444 e. The SMILES string of the molecule is CC(C)(C)OC(=O)NC(c1ccccc1)C(CO)c1nc(-c2ccccc2)cs1. The van der Waals surface area contributed by atoms with E-state index in [1.165, 1.54) is 11.3 Å². The number of nitrogens with one attached hydrogen (secondary N) is 1. The summed E-state index contributed by atoms with van der Waals surface area (Å²) in [7, 11) is 0. The first-order valence-electron chi connectivity index (χ1n) is 9.53. The number of benzene rings is 2. The van der Waals surface area contributed by atoms with Gasteiger partial charge in [0.25, 0.3) is 0 Å². The molecule has 0 aliphatic rings. The van der Waals surface area contributed by atoms with Crippen molar-refractivity contribution >= 4 is 17.4 Å². The molecule has 0 aliphatic heterocycles. The summed E-state index contributed by atoms with van der Waals surface area (Å²) in [6, 6.07) is 19.0. The van der Waals surface area contributed by atoms with Gasteiger partial charge < -0.3 is 15.2 Å². The van der Waals surface area contributed by atoms with Crippen LogP contribution in [0.25, 0.3) is 11.3 Å². The molecule has 0 saturated carbocycles. The third-order valence-electron chi connectivity index (χ3n) is 4.34. The van der Waals surface area contributed by atoms with Crippen molar-refractivity contribution in [1.82, 2.24) is 10.3 Å². The van der Waals surface area contributed by atoms with Gasteiger partial charge in [0.15, 0.2) is 0 Å². The second-order valence-electron chi connectivity index (χ2n) is 7.76. The molecule has 2 N–H and O–H groups in total. The van der Waals surface area contributed by atoms with Crippen LogP contribution < -0.4 is 5.32 Å². The van der Waals surface area contributed by atoms with E-state index in [0.29, 0.717) is 0 Å². The summed E-state index contributed by atoms with van der Waals surface area (Å²) in [5.41, 5.74) is 2.15. The zero-order valence-electron chi connectivity index (χ0n) is 16.8. The number of thiazole rings is 1. The molecule has 1 heterocycles. The second-order valence-corrected chi connectivity index (χ2v) is 8.65. The fourth-order valence-corrected chi connectivity index (χ4v) is 3.99. The van der Waals surface area contributed by atoms with Crippen molar-refractivity contribution in [1.29, 1.82) is 0 Å². The molecule has 5 nitrogen and oxygen atoms in total. The summed E-state index contributed by atoms with van der Waals surface area (Å²) in [6.45, 7) is 5.30. The average molecular weight is 411 g/mol. The normalized spacial score (nSPS) is 13.5. The van der Waals surface area contributed by atoms with E-state index in [2.05, 4.69) is 5.32 Å². The van der Waals surface area contributed by atoms with Crippen LogP contribution in [0.4, 0.5) is 4.79 Å². The predicted molar refractivity (Wildman–Crippen MR) is 116 cm³/mol. The Balaban J connectivity index is 1.91. The maximum absolute atomic E-state index is 12.5. The van der Waals surface area contributed by atoms with Gasteiger partial charge >= 0.3 is 6.09 Å². The van der Waals surface area contributed by atoms with Crippen molar-refractivity contribution in [3.05, 3.63) is 76.6 Å². The number of rotatable bonds is 6. The molecule has 152 valence electrons. The highest BCUT2D eigenvalue weighted by atomic mass is 32.1. The van der Waals surface area contributed by atoms with E-state index in [4.69, 9.17) is 9.72 Å². The quantitative estimate of drug-likeness (QED) is 0.589. The first-order chi connectivity index (χ1) is 13.9. The summed E-state index contributed by atoms with van der Waals surface area (Å²) in [5.74, 6) is -0.396. The molecule has 29 heavy (non-hydrogen) atoms. The number of hydrogen-bond acceptors (Lipinski definition) is 5. The van der Waals surface area contributed by atoms with Gasteiger partial charge in [-0.05, 0) is 26.3 Å². The Labute approximate surface area is 175 Å². The van der Waals surface area contributed by atoms with Crippen molar-refractivity contribution in [3.63, 3.8) is 0 Å². The number of nitrogens with zero attached hydrogens (tertiary/aromatic N) is 1. The van der Waals surface area contributed by atoms with E-state index in [1.54, 1.807) is 0 Å². The van der Waals surface area contributed by atoms with Crippen LogP contribution in [0.2, 0.25) is 0 Å². The lowest BCUT2D eigenvalue weighted by Crippen LogP contribution is -2.38. The molecule has 0 saturated heterocycles. The summed E-state index contributed by atoms with van der Waals surface area (Å²) in [4.78, 5) is 17.2. The van der Waals surface area contributed by atoms with Crippen LogP contribution in [0.3, 0.4) is 0 Å². The highest BCUT2D eigenvalue weighted by molar-refractivity contribution is 7.10. The number of aromatic nitrogens is 1. The maximum atomic E-state index is 12.5. The zero-order chi connectivity index (χ0) is 20.9. The van der Waals surface area contributed by atoms with Gasteiger partial charge in [-0.1, -0.05) is 60.7 Å². The summed E-state index contributed by atoms with van der Waals surface area (Å²) in [5, 5.41) is 15.9. The van der Waals surface area contributed by atoms with Gasteiger partial charge in [0.2, 0.25) is 0 Å². The third kappa shape index (κ3) is 5.65. The molecule has 3 aromatic rings. The van der Waals surface area contributed by atoms with Crippen LogP contribution in [0.15, 0.2) is 66.0 Å². The third-order valence-corrected chi connectivity index (χ3v) is 5.32. The molecule has 3 rings (SSSR count). The van der Waals surface area contributed by atoms with Gasteiger partial charge in [0.1, 0.15) is 10.6 Å². The van der Waals surface area contributed by atoms with E-state index >= 15 is 0 Å². The molecule has 0 aliphatic carbocycles. The van der Waals surface area contributed by atoms with Crippen molar-refractivity contribution in [3.8, 4) is 11.3 Å². The molecule has 0 fully saturated rings. The van der Waals surface area contributed by atoms with Crippen LogP contribution in [0.1, 0.15) is 43.3 Å². The maximum Gasteiger partial charge on any atom is 0.408 e. The molecule has 1 amide bonds. The standard InChI is InChI=1S/C23H26N2O3S/c1-23(2,3)28-22(27)25-20(17-12-8-5-9-13-17)18(14-26)21-24-19(15-29-21)16-10-6-4-7-11-16/h4-13,15,18,20,26H,14H2,1-3H3,(H,25,27). The molecule has 2 atom stereocenters. The number of aliphatic hydroxyl groups is 1. The van der Waals surface area contributed by atoms with E-state index in [0.717, 1.165) is 21.8 Å². The van der Waals surface area contributed by atoms with E-state index in [9.17, 15) is 9.90 Å². The van der Waals surface area contributed by atoms with Crippen LogP contribution in [-0.4, -0.2) is 28.4 Å². The Morgan fingerprint density at radius 2 is 1.72 bits per heavy atom. The molecular formula is C23H26N2O3S. The van der Waals surface area contributed by atoms with Crippen molar-refractivity contribution in [2.75, 3.05) is 6.61 Å². The summed E-state index contributed by atoms with van der Waals surface area (Å²) >= 11 is 1.48. The minimum atomic E-state index is -0.609. The Hall–Kier alpha value is -2.70. The van der Waals surface area contributed by atoms with Gasteiger partial charge in [0, 0.05) is 10.9 Å². The minimum absolute atomic E-state index is 0.156. The number of hydrogen-bond donors (Lipinski definition) is 2. The summed E-state index contributed by atoms with van der Waals surface area (Å²) in [6.07, 6.45) is -0.523. The lowest BCUT2D eigenvalue weighted by Gasteiger charge is -2.28. The molecule has 1 aromatic heterocycles. The summed E-state index contributed by atoms with van der Waals surface area (Å²) < 4.78 is 5.45. The highest BCUT2D eigenvalue weighted by Crippen LogP contribution is 2.35. The highest BCUT2D eigenvalue weighted by Gasteiger charge is 2.30. The number of carbonyl (C=O) groups excluding carboxylic acids is 1. The number of alkyl carbamates (subject to hydrolysis) is 1. The fraction of sp³-hybridized carbons (Fsp3) is 0.304. The molecule has 6 heteroatoms. The van der Waals surface area contributed by atoms with Crippen LogP contribution in [-0.2, 0) is 4.74 Å². The van der Waals surface area contributed by atoms with E-state index < -0.39 is 23.7 Å². The monoisotopic (exact) mass is 410 g/mol. The number of carbonyl (C=O) groups is 1. The lowest BCUT2D eigenvalue weighted by atomic mass is 9.94. The van der Waals surface area contributed by atoms with Crippen molar-refractivity contribution in [2.45, 2.75) is 38.3 Å². The van der Waals surface area contributed by atoms with Crippen LogP contribution >= 0.6 is 11.3 Å². The number of ether oxygens (including phenoxy) is 1. The van der Waals surface area contributed by atoms with Crippen LogP contribution in [0, 0.1) is 0 Å². The average Bonchev–Trinajstić information content (AvgIpc) is 3.18. The Kier molecular flexibility index (Phi) is 6.67. The fourth-order valence-electron chi connectivity index (χ4n) is 3.04. The topological polar surface area (TPSA) is 71.5 Å². The molecule has 0 radical (unpaired) electrons. The smallest absolute Gasteiger partial charge is 0.408 e. The second kappa shape index (κ2) is 9.20. The van der Waals surface area contributed by atoms with Gasteiger partial charge in [-0.25, -0.2) is 9.78 Å². The Bertz CT molecular complexity index is 920. The molecule has 0 bridgehead atoms. The van der Waals surface area contributed by atoms with Crippen LogP contribution in [0.5, 0.6) is 0 Å². The number of aliphatic hydroxyl groups excluding tert-OH is 1. The Morgan fingerprint density at radius 3 is 2.31 bits per heavy atom. The van der Waals surface area contributed by atoms with Gasteiger partial charge in [-0.3, -0.25) is 0 Å². The first-order valence-corrected chi connectivity index (χ1v) is 10.4. The molecule has 2 unspecified atom stereocenters. The van der Waals surface area contributed by atoms with E-state index in [-0.39, 0.29) is 6.61 Å². The first kappa shape index (κ1) is 21.0. The van der Waals surface area contributed by atoms with Crippen molar-refractivity contribution < 1.29 is 14.6 Å². The van der Waals surface area contributed by atoms with Gasteiger partial charge in [0.05, 0.1) is 24.3 Å². The largest absolute Gasteiger partial charge is 0.444 e. The molecular weight excluding hydrogens is 384 g/mol. The zero-order valence-corrected chi connectivity index (χ0v) is 17.6. The lowest BCUT2D eigenvalue weighted by molar-refractivity contribution is 0.0487. The Morgan fingerprint density at radius 1 is 1.10 bits per heavy atom. The predicted octanol–water partition coefficient (Wildman–Crippen LogP) is 5.15. The van der Waals surface area contributed by atoms with Gasteiger partial charge in [-0.2, -0.15) is 0 Å². The number of amides is 1.